The molecule has 0 spiro atoms. The fourth-order valence-corrected chi connectivity index (χ4v) is 2.76. The van der Waals surface area contributed by atoms with Crippen molar-refractivity contribution in [2.24, 2.45) is 0 Å². The lowest BCUT2D eigenvalue weighted by Gasteiger charge is -2.47. The SMILES string of the molecule is CN(C)C1(CNCc2cc(F)cc(Cl)c2)CCC1. The minimum Gasteiger partial charge on any atom is -0.311 e. The van der Waals surface area contributed by atoms with E-state index in [9.17, 15) is 4.39 Å². The molecule has 0 atom stereocenters. The molecule has 1 aliphatic carbocycles. The Morgan fingerprint density at radius 3 is 2.56 bits per heavy atom. The van der Waals surface area contributed by atoms with Crippen molar-refractivity contribution in [3.8, 4) is 0 Å². The van der Waals surface area contributed by atoms with E-state index in [0.717, 1.165) is 12.1 Å². The molecule has 1 saturated carbocycles. The zero-order valence-electron chi connectivity index (χ0n) is 11.0. The van der Waals surface area contributed by atoms with Gasteiger partial charge in [-0.3, -0.25) is 0 Å². The maximum Gasteiger partial charge on any atom is 0.125 e. The van der Waals surface area contributed by atoms with Gasteiger partial charge in [-0.1, -0.05) is 11.6 Å². The number of hydrogen-bond donors (Lipinski definition) is 1. The van der Waals surface area contributed by atoms with Crippen LogP contribution in [0.3, 0.4) is 0 Å². The molecule has 1 aromatic rings. The van der Waals surface area contributed by atoms with Crippen LogP contribution in [-0.2, 0) is 6.54 Å². The lowest BCUT2D eigenvalue weighted by molar-refractivity contribution is 0.0598. The Morgan fingerprint density at radius 1 is 1.33 bits per heavy atom. The van der Waals surface area contributed by atoms with Gasteiger partial charge in [-0.05, 0) is 57.1 Å². The second-order valence-corrected chi connectivity index (χ2v) is 5.79. The molecule has 0 unspecified atom stereocenters. The minimum absolute atomic E-state index is 0.273. The topological polar surface area (TPSA) is 15.3 Å². The molecule has 1 N–H and O–H groups in total. The van der Waals surface area contributed by atoms with Crippen LogP contribution >= 0.6 is 11.6 Å². The van der Waals surface area contributed by atoms with Crippen LogP contribution in [0.1, 0.15) is 24.8 Å². The Labute approximate surface area is 113 Å². The van der Waals surface area contributed by atoms with Crippen LogP contribution in [0.2, 0.25) is 5.02 Å². The van der Waals surface area contributed by atoms with E-state index in [2.05, 4.69) is 24.3 Å². The minimum atomic E-state index is -0.273. The summed E-state index contributed by atoms with van der Waals surface area (Å²) in [6.45, 7) is 1.60. The van der Waals surface area contributed by atoms with E-state index < -0.39 is 0 Å². The van der Waals surface area contributed by atoms with E-state index in [1.807, 2.05) is 0 Å². The second kappa shape index (κ2) is 5.55. The fourth-order valence-electron chi connectivity index (χ4n) is 2.52. The maximum atomic E-state index is 13.2. The highest BCUT2D eigenvalue weighted by Crippen LogP contribution is 2.35. The van der Waals surface area contributed by atoms with Gasteiger partial charge in [0.1, 0.15) is 5.82 Å². The predicted molar refractivity (Wildman–Crippen MR) is 73.4 cm³/mol. The Balaban J connectivity index is 1.88. The van der Waals surface area contributed by atoms with Crippen molar-refractivity contribution in [3.63, 3.8) is 0 Å². The summed E-state index contributed by atoms with van der Waals surface area (Å²) in [6.07, 6.45) is 3.76. The molecular formula is C14H20ClFN2. The molecule has 0 aromatic heterocycles. The summed E-state index contributed by atoms with van der Waals surface area (Å²) < 4.78 is 13.2. The van der Waals surface area contributed by atoms with Crippen LogP contribution in [0, 0.1) is 5.82 Å². The summed E-state index contributed by atoms with van der Waals surface area (Å²) in [4.78, 5) is 2.29. The monoisotopic (exact) mass is 270 g/mol. The van der Waals surface area contributed by atoms with Gasteiger partial charge in [-0.15, -0.1) is 0 Å². The number of likely N-dealkylation sites (N-methyl/N-ethyl adjacent to an activating group) is 1. The van der Waals surface area contributed by atoms with Crippen molar-refractivity contribution < 1.29 is 4.39 Å². The summed E-state index contributed by atoms with van der Waals surface area (Å²) in [5, 5.41) is 3.87. The number of hydrogen-bond acceptors (Lipinski definition) is 2. The van der Waals surface area contributed by atoms with Gasteiger partial charge in [0.15, 0.2) is 0 Å². The van der Waals surface area contributed by atoms with Crippen LogP contribution in [0.15, 0.2) is 18.2 Å². The molecule has 0 amide bonds. The van der Waals surface area contributed by atoms with Gasteiger partial charge in [-0.2, -0.15) is 0 Å². The molecule has 2 nitrogen and oxygen atoms in total. The number of nitrogens with one attached hydrogen (secondary N) is 1. The van der Waals surface area contributed by atoms with E-state index in [4.69, 9.17) is 11.6 Å². The summed E-state index contributed by atoms with van der Waals surface area (Å²) >= 11 is 5.83. The van der Waals surface area contributed by atoms with Crippen molar-refractivity contribution in [2.45, 2.75) is 31.3 Å². The predicted octanol–water partition coefficient (Wildman–Crippen LogP) is 3.05. The van der Waals surface area contributed by atoms with Crippen molar-refractivity contribution in [1.29, 1.82) is 0 Å². The molecular weight excluding hydrogens is 251 g/mol. The molecule has 0 heterocycles. The summed E-state index contributed by atoms with van der Waals surface area (Å²) in [5.41, 5.74) is 1.19. The summed E-state index contributed by atoms with van der Waals surface area (Å²) in [5.74, 6) is -0.273. The second-order valence-electron chi connectivity index (χ2n) is 5.35. The first-order chi connectivity index (χ1) is 8.52. The first-order valence-electron chi connectivity index (χ1n) is 6.35. The van der Waals surface area contributed by atoms with Gasteiger partial charge >= 0.3 is 0 Å². The highest BCUT2D eigenvalue weighted by molar-refractivity contribution is 6.30. The normalized spacial score (nSPS) is 17.8. The van der Waals surface area contributed by atoms with Crippen molar-refractivity contribution in [1.82, 2.24) is 10.2 Å². The quantitative estimate of drug-likeness (QED) is 0.885. The Kier molecular flexibility index (Phi) is 4.25. The van der Waals surface area contributed by atoms with Gasteiger partial charge in [0.05, 0.1) is 0 Å². The zero-order chi connectivity index (χ0) is 13.2. The number of rotatable bonds is 5. The van der Waals surface area contributed by atoms with Crippen molar-refractivity contribution in [3.05, 3.63) is 34.6 Å². The van der Waals surface area contributed by atoms with Crippen LogP contribution < -0.4 is 5.32 Å². The average Bonchev–Trinajstić information content (AvgIpc) is 2.19. The molecule has 0 aliphatic heterocycles. The highest BCUT2D eigenvalue weighted by atomic mass is 35.5. The molecule has 4 heteroatoms. The smallest absolute Gasteiger partial charge is 0.125 e. The maximum absolute atomic E-state index is 13.2. The van der Waals surface area contributed by atoms with E-state index in [0.29, 0.717) is 11.6 Å². The van der Waals surface area contributed by atoms with E-state index >= 15 is 0 Å². The highest BCUT2D eigenvalue weighted by Gasteiger charge is 2.38. The molecule has 0 saturated heterocycles. The van der Waals surface area contributed by atoms with Crippen LogP contribution in [0.25, 0.3) is 0 Å². The van der Waals surface area contributed by atoms with Gasteiger partial charge in [0, 0.05) is 23.7 Å². The van der Waals surface area contributed by atoms with Crippen LogP contribution in [0.4, 0.5) is 4.39 Å². The average molecular weight is 271 g/mol. The van der Waals surface area contributed by atoms with Gasteiger partial charge < -0.3 is 10.2 Å². The molecule has 1 fully saturated rings. The first-order valence-corrected chi connectivity index (χ1v) is 6.73. The molecule has 0 radical (unpaired) electrons. The van der Waals surface area contributed by atoms with E-state index in [1.165, 1.54) is 31.4 Å². The summed E-state index contributed by atoms with van der Waals surface area (Å²) in [6, 6.07) is 4.67. The standard InChI is InChI=1S/C14H20ClFN2/c1-18(2)14(4-3-5-14)10-17-9-11-6-12(15)8-13(16)7-11/h6-8,17H,3-5,9-10H2,1-2H3. The zero-order valence-corrected chi connectivity index (χ0v) is 11.7. The van der Waals surface area contributed by atoms with Crippen LogP contribution in [-0.4, -0.2) is 31.1 Å². The molecule has 1 aromatic carbocycles. The molecule has 1 aliphatic rings. The summed E-state index contributed by atoms with van der Waals surface area (Å²) in [7, 11) is 4.25. The lowest BCUT2D eigenvalue weighted by atomic mass is 9.75. The lowest BCUT2D eigenvalue weighted by Crippen LogP contribution is -2.56. The molecule has 0 bridgehead atoms. The third kappa shape index (κ3) is 3.02. The number of halogens is 2. The Morgan fingerprint density at radius 2 is 2.06 bits per heavy atom. The third-order valence-electron chi connectivity index (χ3n) is 3.94. The van der Waals surface area contributed by atoms with Gasteiger partial charge in [0.2, 0.25) is 0 Å². The number of nitrogens with zero attached hydrogens (tertiary/aromatic N) is 1. The van der Waals surface area contributed by atoms with E-state index in [-0.39, 0.29) is 11.4 Å². The number of benzene rings is 1. The van der Waals surface area contributed by atoms with Crippen molar-refractivity contribution in [2.75, 3.05) is 20.6 Å². The Bertz CT molecular complexity index is 396. The fraction of sp³-hybridized carbons (Fsp3) is 0.571. The Hall–Kier alpha value is -0.640. The van der Waals surface area contributed by atoms with Gasteiger partial charge in [0.25, 0.3) is 0 Å². The van der Waals surface area contributed by atoms with Crippen LogP contribution in [0.5, 0.6) is 0 Å². The van der Waals surface area contributed by atoms with Crippen molar-refractivity contribution >= 4 is 11.6 Å². The van der Waals surface area contributed by atoms with E-state index in [1.54, 1.807) is 6.07 Å². The molecule has 2 rings (SSSR count). The molecule has 100 valence electrons. The largest absolute Gasteiger partial charge is 0.311 e. The third-order valence-corrected chi connectivity index (χ3v) is 4.16. The van der Waals surface area contributed by atoms with Gasteiger partial charge in [-0.25, -0.2) is 4.39 Å². The molecule has 18 heavy (non-hydrogen) atoms. The first kappa shape index (κ1) is 13.8.